The number of carbonyl (C=O) groups excluding carboxylic acids is 1. The Kier molecular flexibility index (Phi) is 7.04. The molecule has 0 aliphatic heterocycles. The van der Waals surface area contributed by atoms with Gasteiger partial charge in [-0.1, -0.05) is 72.8 Å². The predicted molar refractivity (Wildman–Crippen MR) is 134 cm³/mol. The molecule has 5 nitrogen and oxygen atoms in total. The highest BCUT2D eigenvalue weighted by Gasteiger charge is 2.17. The van der Waals surface area contributed by atoms with E-state index in [1.54, 1.807) is 12.1 Å². The number of nitrogens with one attached hydrogen (secondary N) is 1. The van der Waals surface area contributed by atoms with E-state index in [1.165, 1.54) is 6.08 Å². The van der Waals surface area contributed by atoms with Gasteiger partial charge in [-0.15, -0.1) is 0 Å². The molecular formula is C29H25NO4. The number of carbonyl (C=O) groups is 2. The number of hydrogen-bond donors (Lipinski definition) is 2. The van der Waals surface area contributed by atoms with E-state index in [9.17, 15) is 9.59 Å². The first-order valence-corrected chi connectivity index (χ1v) is 11.0. The van der Waals surface area contributed by atoms with E-state index < -0.39 is 5.97 Å². The maximum atomic E-state index is 13.3. The SMILES string of the molecule is CC(NC(=O)c1cc(COc2ccccc2)ccc1/C=C/C(=O)O)c1cccc2ccccc12. The summed E-state index contributed by atoms with van der Waals surface area (Å²) < 4.78 is 5.82. The largest absolute Gasteiger partial charge is 0.489 e. The van der Waals surface area contributed by atoms with Crippen LogP contribution in [0.3, 0.4) is 0 Å². The fourth-order valence-corrected chi connectivity index (χ4v) is 3.86. The minimum Gasteiger partial charge on any atom is -0.489 e. The first kappa shape index (κ1) is 22.8. The topological polar surface area (TPSA) is 75.6 Å². The molecule has 0 saturated heterocycles. The van der Waals surface area contributed by atoms with Gasteiger partial charge in [0.2, 0.25) is 0 Å². The van der Waals surface area contributed by atoms with Gasteiger partial charge >= 0.3 is 5.97 Å². The molecule has 0 aliphatic rings. The third-order valence-electron chi connectivity index (χ3n) is 5.55. The first-order valence-electron chi connectivity index (χ1n) is 11.0. The fourth-order valence-electron chi connectivity index (χ4n) is 3.86. The first-order chi connectivity index (χ1) is 16.5. The molecule has 0 aliphatic carbocycles. The van der Waals surface area contributed by atoms with Crippen molar-refractivity contribution < 1.29 is 19.4 Å². The molecule has 4 rings (SSSR count). The lowest BCUT2D eigenvalue weighted by Crippen LogP contribution is -2.27. The lowest BCUT2D eigenvalue weighted by molar-refractivity contribution is -0.131. The van der Waals surface area contributed by atoms with Crippen LogP contribution < -0.4 is 10.1 Å². The molecule has 0 spiro atoms. The molecule has 1 atom stereocenters. The molecule has 0 saturated carbocycles. The minimum absolute atomic E-state index is 0.251. The second kappa shape index (κ2) is 10.5. The summed E-state index contributed by atoms with van der Waals surface area (Å²) in [6.07, 6.45) is 2.46. The maximum absolute atomic E-state index is 13.3. The van der Waals surface area contributed by atoms with E-state index in [-0.39, 0.29) is 18.6 Å². The van der Waals surface area contributed by atoms with Crippen molar-refractivity contribution in [1.29, 1.82) is 0 Å². The van der Waals surface area contributed by atoms with Crippen molar-refractivity contribution in [2.45, 2.75) is 19.6 Å². The van der Waals surface area contributed by atoms with Crippen LogP contribution in [0, 0.1) is 0 Å². The highest BCUT2D eigenvalue weighted by atomic mass is 16.5. The van der Waals surface area contributed by atoms with E-state index in [0.717, 1.165) is 33.7 Å². The lowest BCUT2D eigenvalue weighted by Gasteiger charge is -2.18. The van der Waals surface area contributed by atoms with Gasteiger partial charge in [0.05, 0.1) is 6.04 Å². The summed E-state index contributed by atoms with van der Waals surface area (Å²) >= 11 is 0. The van der Waals surface area contributed by atoms with Crippen LogP contribution in [0.1, 0.15) is 40.0 Å². The average Bonchev–Trinajstić information content (AvgIpc) is 2.86. The average molecular weight is 452 g/mol. The van der Waals surface area contributed by atoms with Crippen LogP contribution in [0.4, 0.5) is 0 Å². The van der Waals surface area contributed by atoms with Gasteiger partial charge in [0.15, 0.2) is 0 Å². The molecule has 0 fully saturated rings. The summed E-state index contributed by atoms with van der Waals surface area (Å²) in [6, 6.07) is 28.5. The zero-order valence-electron chi connectivity index (χ0n) is 18.8. The fraction of sp³-hybridized carbons (Fsp3) is 0.103. The van der Waals surface area contributed by atoms with Gasteiger partial charge in [0.25, 0.3) is 5.91 Å². The third kappa shape index (κ3) is 5.51. The molecule has 170 valence electrons. The summed E-state index contributed by atoms with van der Waals surface area (Å²) in [7, 11) is 0. The van der Waals surface area contributed by atoms with E-state index >= 15 is 0 Å². The van der Waals surface area contributed by atoms with Crippen molar-refractivity contribution in [1.82, 2.24) is 5.32 Å². The molecule has 0 radical (unpaired) electrons. The number of aliphatic carboxylic acids is 1. The molecule has 0 bridgehead atoms. The zero-order chi connectivity index (χ0) is 23.9. The number of para-hydroxylation sites is 1. The molecule has 34 heavy (non-hydrogen) atoms. The molecule has 1 amide bonds. The van der Waals surface area contributed by atoms with Crippen molar-refractivity contribution in [3.8, 4) is 5.75 Å². The van der Waals surface area contributed by atoms with Crippen molar-refractivity contribution in [3.05, 3.63) is 119 Å². The standard InChI is InChI=1S/C29H25NO4/c1-20(25-13-7-9-22-8-5-6-12-26(22)25)30-29(33)27-18-21(14-15-23(27)16-17-28(31)32)19-34-24-10-3-2-4-11-24/h2-18,20H,19H2,1H3,(H,30,33)(H,31,32)/b17-16+. The quantitative estimate of drug-likeness (QED) is 0.322. The number of ether oxygens (including phenoxy) is 1. The summed E-state index contributed by atoms with van der Waals surface area (Å²) in [5.41, 5.74) is 2.73. The van der Waals surface area contributed by atoms with Crippen LogP contribution in [0.2, 0.25) is 0 Å². The van der Waals surface area contributed by atoms with E-state index in [4.69, 9.17) is 9.84 Å². The number of amides is 1. The molecule has 5 heteroatoms. The monoisotopic (exact) mass is 451 g/mol. The Morgan fingerprint density at radius 3 is 2.47 bits per heavy atom. The summed E-state index contributed by atoms with van der Waals surface area (Å²) in [5.74, 6) is -0.632. The van der Waals surface area contributed by atoms with Gasteiger partial charge in [0, 0.05) is 11.6 Å². The molecule has 4 aromatic carbocycles. The second-order valence-corrected chi connectivity index (χ2v) is 7.96. The van der Waals surface area contributed by atoms with Gasteiger partial charge in [-0.3, -0.25) is 4.79 Å². The number of fused-ring (bicyclic) bond motifs is 1. The van der Waals surface area contributed by atoms with Gasteiger partial charge in [-0.05, 0) is 58.7 Å². The van der Waals surface area contributed by atoms with Crippen LogP contribution in [0.25, 0.3) is 16.8 Å². The Morgan fingerprint density at radius 2 is 1.68 bits per heavy atom. The van der Waals surface area contributed by atoms with Gasteiger partial charge < -0.3 is 15.2 Å². The minimum atomic E-state index is -1.08. The maximum Gasteiger partial charge on any atom is 0.328 e. The Hall–Kier alpha value is -4.38. The van der Waals surface area contributed by atoms with Gasteiger partial charge in [-0.2, -0.15) is 0 Å². The van der Waals surface area contributed by atoms with Crippen LogP contribution in [-0.4, -0.2) is 17.0 Å². The van der Waals surface area contributed by atoms with Gasteiger partial charge in [-0.25, -0.2) is 4.79 Å². The van der Waals surface area contributed by atoms with Crippen molar-refractivity contribution >= 4 is 28.7 Å². The molecule has 2 N–H and O–H groups in total. The molecule has 4 aromatic rings. The smallest absolute Gasteiger partial charge is 0.328 e. The van der Waals surface area contributed by atoms with Crippen LogP contribution in [-0.2, 0) is 11.4 Å². The lowest BCUT2D eigenvalue weighted by atomic mass is 9.98. The number of rotatable bonds is 8. The van der Waals surface area contributed by atoms with Crippen molar-refractivity contribution in [2.24, 2.45) is 0 Å². The number of carboxylic acids is 1. The van der Waals surface area contributed by atoms with E-state index in [2.05, 4.69) is 5.32 Å². The predicted octanol–water partition coefficient (Wildman–Crippen LogP) is 6.01. The number of benzene rings is 4. The Labute approximate surface area is 198 Å². The number of carboxylic acid groups (broad SMARTS) is 1. The third-order valence-corrected chi connectivity index (χ3v) is 5.55. The highest BCUT2D eigenvalue weighted by Crippen LogP contribution is 2.25. The Balaban J connectivity index is 1.60. The second-order valence-electron chi connectivity index (χ2n) is 7.96. The highest BCUT2D eigenvalue weighted by molar-refractivity contribution is 5.99. The van der Waals surface area contributed by atoms with E-state index in [0.29, 0.717) is 11.1 Å². The summed E-state index contributed by atoms with van der Waals surface area (Å²) in [4.78, 5) is 24.4. The summed E-state index contributed by atoms with van der Waals surface area (Å²) in [5, 5.41) is 14.3. The van der Waals surface area contributed by atoms with Crippen LogP contribution in [0.15, 0.2) is 97.1 Å². The van der Waals surface area contributed by atoms with Crippen LogP contribution >= 0.6 is 0 Å². The number of hydrogen-bond acceptors (Lipinski definition) is 3. The molecule has 0 aromatic heterocycles. The molecule has 0 heterocycles. The zero-order valence-corrected chi connectivity index (χ0v) is 18.8. The molecule has 1 unspecified atom stereocenters. The van der Waals surface area contributed by atoms with E-state index in [1.807, 2.05) is 85.8 Å². The molecular weight excluding hydrogens is 426 g/mol. The Bertz CT molecular complexity index is 1340. The van der Waals surface area contributed by atoms with Gasteiger partial charge in [0.1, 0.15) is 12.4 Å². The van der Waals surface area contributed by atoms with Crippen LogP contribution in [0.5, 0.6) is 5.75 Å². The summed E-state index contributed by atoms with van der Waals surface area (Å²) in [6.45, 7) is 2.22. The Morgan fingerprint density at radius 1 is 0.941 bits per heavy atom. The normalized spacial score (nSPS) is 11.9. The van der Waals surface area contributed by atoms with Crippen molar-refractivity contribution in [3.63, 3.8) is 0 Å². The van der Waals surface area contributed by atoms with Crippen molar-refractivity contribution in [2.75, 3.05) is 0 Å².